The van der Waals surface area contributed by atoms with Gasteiger partial charge in [-0.2, -0.15) is 0 Å². The van der Waals surface area contributed by atoms with Gasteiger partial charge in [-0.3, -0.25) is 4.79 Å². The summed E-state index contributed by atoms with van der Waals surface area (Å²) in [7, 11) is 3.21. The fourth-order valence-corrected chi connectivity index (χ4v) is 4.17. The van der Waals surface area contributed by atoms with Crippen molar-refractivity contribution in [2.75, 3.05) is 25.3 Å². The summed E-state index contributed by atoms with van der Waals surface area (Å²) in [6.07, 6.45) is -0.326. The molecule has 1 atom stereocenters. The summed E-state index contributed by atoms with van der Waals surface area (Å²) in [4.78, 5) is 12.6. The highest BCUT2D eigenvalue weighted by Gasteiger charge is 2.22. The van der Waals surface area contributed by atoms with Crippen LogP contribution < -0.4 is 19.5 Å². The highest BCUT2D eigenvalue weighted by atomic mass is 32.2. The lowest BCUT2D eigenvalue weighted by atomic mass is 10.2. The Balaban J connectivity index is 1.68. The quantitative estimate of drug-likeness (QED) is 0.415. The van der Waals surface area contributed by atoms with Crippen molar-refractivity contribution in [3.63, 3.8) is 0 Å². The van der Waals surface area contributed by atoms with Gasteiger partial charge in [0.2, 0.25) is 5.91 Å². The molecule has 1 unspecified atom stereocenters. The average molecular weight is 471 g/mol. The topological polar surface area (TPSA) is 87.5 Å². The third-order valence-corrected chi connectivity index (χ3v) is 5.85. The Morgan fingerprint density at radius 1 is 1.03 bits per heavy atom. The van der Waals surface area contributed by atoms with Crippen LogP contribution in [0.1, 0.15) is 44.3 Å². The van der Waals surface area contributed by atoms with Gasteiger partial charge in [0.1, 0.15) is 17.2 Å². The zero-order chi connectivity index (χ0) is 24.0. The Morgan fingerprint density at radius 2 is 1.73 bits per heavy atom. The zero-order valence-corrected chi connectivity index (χ0v) is 20.6. The van der Waals surface area contributed by atoms with Crippen LogP contribution in [0, 0.1) is 6.92 Å². The maximum Gasteiger partial charge on any atom is 0.234 e. The number of nitrogens with zero attached hydrogens (tertiary/aromatic N) is 3. The molecule has 1 aromatic heterocycles. The van der Waals surface area contributed by atoms with E-state index in [4.69, 9.17) is 14.2 Å². The van der Waals surface area contributed by atoms with Crippen molar-refractivity contribution in [1.29, 1.82) is 0 Å². The predicted octanol–water partition coefficient (Wildman–Crippen LogP) is 5.06. The van der Waals surface area contributed by atoms with Crippen LogP contribution in [0.4, 0.5) is 5.69 Å². The van der Waals surface area contributed by atoms with Crippen LogP contribution in [-0.2, 0) is 4.79 Å². The number of carbonyl (C=O) groups excluding carboxylic acids is 1. The van der Waals surface area contributed by atoms with Crippen molar-refractivity contribution in [1.82, 2.24) is 14.8 Å². The molecule has 0 bridgehead atoms. The molecule has 0 aliphatic heterocycles. The summed E-state index contributed by atoms with van der Waals surface area (Å²) >= 11 is 1.33. The molecule has 0 spiro atoms. The fraction of sp³-hybridized carbons (Fsp3) is 0.375. The van der Waals surface area contributed by atoms with E-state index in [0.717, 1.165) is 11.3 Å². The number of methoxy groups -OCH3 is 2. The van der Waals surface area contributed by atoms with E-state index in [9.17, 15) is 4.79 Å². The minimum absolute atomic E-state index is 0.0966. The SMILES string of the molecule is COc1ccc(OC(C)c2nnc(SCC(=O)Nc3cc(C)ccc3OC)n2C(C)C)cc1. The minimum Gasteiger partial charge on any atom is -0.497 e. The molecule has 176 valence electrons. The number of amides is 1. The molecule has 0 fully saturated rings. The van der Waals surface area contributed by atoms with Crippen LogP contribution in [0.3, 0.4) is 0 Å². The van der Waals surface area contributed by atoms with Gasteiger partial charge < -0.3 is 24.1 Å². The number of thioether (sulfide) groups is 1. The molecule has 0 saturated heterocycles. The van der Waals surface area contributed by atoms with Gasteiger partial charge in [0.05, 0.1) is 25.7 Å². The molecule has 1 N–H and O–H groups in total. The summed E-state index contributed by atoms with van der Waals surface area (Å²) in [6.45, 7) is 7.99. The number of nitrogens with one attached hydrogen (secondary N) is 1. The number of anilines is 1. The van der Waals surface area contributed by atoms with E-state index in [1.54, 1.807) is 14.2 Å². The van der Waals surface area contributed by atoms with Gasteiger partial charge >= 0.3 is 0 Å². The first-order valence-electron chi connectivity index (χ1n) is 10.6. The van der Waals surface area contributed by atoms with Crippen molar-refractivity contribution in [3.05, 3.63) is 53.9 Å². The van der Waals surface area contributed by atoms with Crippen LogP contribution >= 0.6 is 11.8 Å². The van der Waals surface area contributed by atoms with Crippen molar-refractivity contribution < 1.29 is 19.0 Å². The fourth-order valence-electron chi connectivity index (χ4n) is 3.30. The van der Waals surface area contributed by atoms with Crippen molar-refractivity contribution in [2.45, 2.75) is 45.0 Å². The van der Waals surface area contributed by atoms with Crippen LogP contribution in [0.25, 0.3) is 0 Å². The van der Waals surface area contributed by atoms with Gasteiger partial charge in [-0.15, -0.1) is 10.2 Å². The molecule has 8 nitrogen and oxygen atoms in total. The molecule has 3 rings (SSSR count). The molecule has 3 aromatic rings. The molecule has 33 heavy (non-hydrogen) atoms. The van der Waals surface area contributed by atoms with Gasteiger partial charge in [-0.25, -0.2) is 0 Å². The molecule has 0 aliphatic rings. The van der Waals surface area contributed by atoms with E-state index in [-0.39, 0.29) is 23.8 Å². The van der Waals surface area contributed by atoms with Gasteiger partial charge in [0.25, 0.3) is 0 Å². The first-order chi connectivity index (χ1) is 15.8. The van der Waals surface area contributed by atoms with E-state index in [2.05, 4.69) is 29.4 Å². The number of aryl methyl sites for hydroxylation is 1. The lowest BCUT2D eigenvalue weighted by Gasteiger charge is -2.19. The predicted molar refractivity (Wildman–Crippen MR) is 130 cm³/mol. The molecule has 0 saturated carbocycles. The first-order valence-corrected chi connectivity index (χ1v) is 11.6. The maximum atomic E-state index is 12.6. The molecular formula is C24H30N4O4S. The largest absolute Gasteiger partial charge is 0.497 e. The monoisotopic (exact) mass is 470 g/mol. The average Bonchev–Trinajstić information content (AvgIpc) is 3.23. The van der Waals surface area contributed by atoms with Crippen molar-refractivity contribution in [2.24, 2.45) is 0 Å². The molecule has 1 amide bonds. The molecular weight excluding hydrogens is 440 g/mol. The second kappa shape index (κ2) is 11.1. The highest BCUT2D eigenvalue weighted by molar-refractivity contribution is 7.99. The Kier molecular flexibility index (Phi) is 8.21. The summed E-state index contributed by atoms with van der Waals surface area (Å²) in [5.74, 6) is 2.84. The van der Waals surface area contributed by atoms with Crippen LogP contribution in [0.2, 0.25) is 0 Å². The van der Waals surface area contributed by atoms with E-state index in [0.29, 0.717) is 28.2 Å². The van der Waals surface area contributed by atoms with Gasteiger partial charge in [-0.05, 0) is 69.7 Å². The number of rotatable bonds is 10. The number of benzene rings is 2. The summed E-state index contributed by atoms with van der Waals surface area (Å²) in [5.41, 5.74) is 1.68. The molecule has 1 heterocycles. The van der Waals surface area contributed by atoms with Crippen molar-refractivity contribution >= 4 is 23.4 Å². The van der Waals surface area contributed by atoms with Crippen molar-refractivity contribution in [3.8, 4) is 17.2 Å². The normalized spacial score (nSPS) is 11.8. The molecule has 2 aromatic carbocycles. The Hall–Kier alpha value is -3.20. The van der Waals surface area contributed by atoms with Crippen LogP contribution in [0.5, 0.6) is 17.2 Å². The third kappa shape index (κ3) is 6.19. The van der Waals surface area contributed by atoms with Gasteiger partial charge in [0.15, 0.2) is 17.1 Å². The van der Waals surface area contributed by atoms with E-state index >= 15 is 0 Å². The summed E-state index contributed by atoms with van der Waals surface area (Å²) in [5, 5.41) is 12.3. The molecule has 0 aliphatic carbocycles. The highest BCUT2D eigenvalue weighted by Crippen LogP contribution is 2.29. The number of ether oxygens (including phenoxy) is 3. The standard InChI is InChI=1S/C24H30N4O4S/c1-15(2)28-23(17(4)32-19-10-8-18(30-5)9-11-19)26-27-24(28)33-14-22(29)25-20-13-16(3)7-12-21(20)31-6/h7-13,15,17H,14H2,1-6H3,(H,25,29). The lowest BCUT2D eigenvalue weighted by Crippen LogP contribution is -2.17. The van der Waals surface area contributed by atoms with E-state index in [1.165, 1.54) is 11.8 Å². The number of aromatic nitrogens is 3. The maximum absolute atomic E-state index is 12.6. The second-order valence-corrected chi connectivity index (χ2v) is 8.72. The lowest BCUT2D eigenvalue weighted by molar-refractivity contribution is -0.113. The third-order valence-electron chi connectivity index (χ3n) is 4.90. The summed E-state index contributed by atoms with van der Waals surface area (Å²) in [6, 6.07) is 13.1. The van der Waals surface area contributed by atoms with Crippen LogP contribution in [-0.4, -0.2) is 40.6 Å². The first kappa shape index (κ1) is 24.4. The zero-order valence-electron chi connectivity index (χ0n) is 19.8. The van der Waals surface area contributed by atoms with Gasteiger partial charge in [-0.1, -0.05) is 17.8 Å². The number of hydrogen-bond donors (Lipinski definition) is 1. The van der Waals surface area contributed by atoms with E-state index in [1.807, 2.05) is 60.9 Å². The minimum atomic E-state index is -0.326. The molecule has 0 radical (unpaired) electrons. The van der Waals surface area contributed by atoms with Crippen LogP contribution in [0.15, 0.2) is 47.6 Å². The van der Waals surface area contributed by atoms with Gasteiger partial charge in [0, 0.05) is 6.04 Å². The Labute approximate surface area is 198 Å². The Bertz CT molecular complexity index is 1080. The second-order valence-electron chi connectivity index (χ2n) is 7.78. The smallest absolute Gasteiger partial charge is 0.234 e. The summed E-state index contributed by atoms with van der Waals surface area (Å²) < 4.78 is 18.6. The molecule has 9 heteroatoms. The van der Waals surface area contributed by atoms with E-state index < -0.39 is 0 Å². The Morgan fingerprint density at radius 3 is 2.36 bits per heavy atom. The number of carbonyl (C=O) groups is 1. The number of hydrogen-bond acceptors (Lipinski definition) is 7.